The van der Waals surface area contributed by atoms with Gasteiger partial charge in [0.05, 0.1) is 18.5 Å². The van der Waals surface area contributed by atoms with E-state index in [9.17, 15) is 13.2 Å². The minimum absolute atomic E-state index is 0.0288. The van der Waals surface area contributed by atoms with Gasteiger partial charge in [-0.1, -0.05) is 0 Å². The number of piperidine rings is 2. The molecule has 8 nitrogen and oxygen atoms in total. The van der Waals surface area contributed by atoms with Gasteiger partial charge in [0.15, 0.2) is 0 Å². The molecule has 0 saturated carbocycles. The highest BCUT2D eigenvalue weighted by Crippen LogP contribution is 2.20. The predicted octanol–water partition coefficient (Wildman–Crippen LogP) is 1.06. The fourth-order valence-corrected chi connectivity index (χ4v) is 4.59. The SMILES string of the molecule is Cc1cc(CNC(=O)C2CCN(S(C)(=O)=O)CC2)nc(N2CCCCC2)n1. The van der Waals surface area contributed by atoms with Gasteiger partial charge in [-0.05, 0) is 45.1 Å². The highest BCUT2D eigenvalue weighted by molar-refractivity contribution is 7.88. The number of carbonyl (C=O) groups excluding carboxylic acids is 1. The van der Waals surface area contributed by atoms with Gasteiger partial charge in [-0.2, -0.15) is 0 Å². The molecule has 3 rings (SSSR count). The van der Waals surface area contributed by atoms with E-state index in [-0.39, 0.29) is 11.8 Å². The Hall–Kier alpha value is -1.74. The first-order valence-corrected chi connectivity index (χ1v) is 11.5. The lowest BCUT2D eigenvalue weighted by atomic mass is 9.97. The molecule has 0 aromatic carbocycles. The van der Waals surface area contributed by atoms with Crippen LogP contribution in [0.3, 0.4) is 0 Å². The Morgan fingerprint density at radius 2 is 1.81 bits per heavy atom. The third-order valence-corrected chi connectivity index (χ3v) is 6.58. The Morgan fingerprint density at radius 3 is 2.44 bits per heavy atom. The molecule has 2 saturated heterocycles. The Labute approximate surface area is 161 Å². The second-order valence-corrected chi connectivity index (χ2v) is 9.48. The van der Waals surface area contributed by atoms with Gasteiger partial charge in [0.1, 0.15) is 0 Å². The maximum Gasteiger partial charge on any atom is 0.225 e. The minimum Gasteiger partial charge on any atom is -0.350 e. The maximum atomic E-state index is 12.5. The van der Waals surface area contributed by atoms with Crippen LogP contribution >= 0.6 is 0 Å². The Morgan fingerprint density at radius 1 is 1.15 bits per heavy atom. The van der Waals surface area contributed by atoms with E-state index in [2.05, 4.69) is 20.2 Å². The zero-order chi connectivity index (χ0) is 19.4. The van der Waals surface area contributed by atoms with Crippen LogP contribution in [-0.2, 0) is 21.4 Å². The molecule has 0 unspecified atom stereocenters. The third kappa shape index (κ3) is 5.38. The first kappa shape index (κ1) is 20.0. The van der Waals surface area contributed by atoms with Crippen LogP contribution in [0.1, 0.15) is 43.5 Å². The van der Waals surface area contributed by atoms with Crippen LogP contribution in [0.2, 0.25) is 0 Å². The van der Waals surface area contributed by atoms with E-state index in [1.54, 1.807) is 0 Å². The number of nitrogens with one attached hydrogen (secondary N) is 1. The van der Waals surface area contributed by atoms with Gasteiger partial charge >= 0.3 is 0 Å². The number of anilines is 1. The molecule has 0 spiro atoms. The highest BCUT2D eigenvalue weighted by atomic mass is 32.2. The van der Waals surface area contributed by atoms with Crippen molar-refractivity contribution in [3.05, 3.63) is 17.5 Å². The standard InChI is InChI=1S/C18H29N5O3S/c1-14-12-16(21-18(20-14)22-8-4-3-5-9-22)13-19-17(24)15-6-10-23(11-7-15)27(2,25)26/h12,15H,3-11,13H2,1-2H3,(H,19,24). The first-order chi connectivity index (χ1) is 12.8. The summed E-state index contributed by atoms with van der Waals surface area (Å²) < 4.78 is 24.6. The molecule has 3 heterocycles. The number of aryl methyl sites for hydroxylation is 1. The third-order valence-electron chi connectivity index (χ3n) is 5.27. The summed E-state index contributed by atoms with van der Waals surface area (Å²) in [6.07, 6.45) is 5.90. The fourth-order valence-electron chi connectivity index (χ4n) is 3.71. The molecule has 2 fully saturated rings. The summed E-state index contributed by atoms with van der Waals surface area (Å²) in [4.78, 5) is 23.9. The zero-order valence-electron chi connectivity index (χ0n) is 16.1. The van der Waals surface area contributed by atoms with Crippen LogP contribution < -0.4 is 10.2 Å². The normalized spacial score (nSPS) is 19.9. The van der Waals surface area contributed by atoms with Crippen LogP contribution in [0.25, 0.3) is 0 Å². The summed E-state index contributed by atoms with van der Waals surface area (Å²) in [5.41, 5.74) is 1.71. The summed E-state index contributed by atoms with van der Waals surface area (Å²) in [6, 6.07) is 1.90. The molecule has 0 aliphatic carbocycles. The molecule has 0 radical (unpaired) electrons. The van der Waals surface area contributed by atoms with E-state index in [0.29, 0.717) is 32.5 Å². The quantitative estimate of drug-likeness (QED) is 0.801. The maximum absolute atomic E-state index is 12.5. The predicted molar refractivity (Wildman–Crippen MR) is 104 cm³/mol. The van der Waals surface area contributed by atoms with E-state index in [0.717, 1.165) is 43.3 Å². The van der Waals surface area contributed by atoms with Gasteiger partial charge < -0.3 is 10.2 Å². The number of aromatic nitrogens is 2. The molecule has 2 aliphatic rings. The molecule has 2 aliphatic heterocycles. The van der Waals surface area contributed by atoms with E-state index in [1.165, 1.54) is 17.0 Å². The Balaban J connectivity index is 1.55. The summed E-state index contributed by atoms with van der Waals surface area (Å²) in [7, 11) is -3.17. The van der Waals surface area contributed by atoms with Crippen molar-refractivity contribution in [1.82, 2.24) is 19.6 Å². The van der Waals surface area contributed by atoms with Crippen LogP contribution in [0, 0.1) is 12.8 Å². The van der Waals surface area contributed by atoms with Crippen molar-refractivity contribution in [1.29, 1.82) is 0 Å². The van der Waals surface area contributed by atoms with Gasteiger partial charge in [-0.15, -0.1) is 0 Å². The molecule has 1 N–H and O–H groups in total. The largest absolute Gasteiger partial charge is 0.350 e. The molecular weight excluding hydrogens is 366 g/mol. The van der Waals surface area contributed by atoms with E-state index in [4.69, 9.17) is 0 Å². The second kappa shape index (κ2) is 8.52. The molecule has 0 atom stereocenters. The average molecular weight is 396 g/mol. The zero-order valence-corrected chi connectivity index (χ0v) is 17.0. The van der Waals surface area contributed by atoms with Crippen molar-refractivity contribution in [2.45, 2.75) is 45.6 Å². The molecule has 1 amide bonds. The van der Waals surface area contributed by atoms with Crippen LogP contribution in [-0.4, -0.2) is 61.0 Å². The lowest BCUT2D eigenvalue weighted by Gasteiger charge is -2.29. The van der Waals surface area contributed by atoms with Crippen LogP contribution in [0.4, 0.5) is 5.95 Å². The van der Waals surface area contributed by atoms with Crippen molar-refractivity contribution in [2.75, 3.05) is 37.3 Å². The molecule has 1 aromatic heterocycles. The molecule has 1 aromatic rings. The van der Waals surface area contributed by atoms with Crippen molar-refractivity contribution in [2.24, 2.45) is 5.92 Å². The number of hydrogen-bond donors (Lipinski definition) is 1. The molecule has 150 valence electrons. The average Bonchev–Trinajstić information content (AvgIpc) is 2.66. The van der Waals surface area contributed by atoms with E-state index < -0.39 is 10.0 Å². The summed E-state index contributed by atoms with van der Waals surface area (Å²) in [5, 5.41) is 2.96. The Kier molecular flexibility index (Phi) is 6.31. The van der Waals surface area contributed by atoms with Crippen LogP contribution in [0.5, 0.6) is 0 Å². The fraction of sp³-hybridized carbons (Fsp3) is 0.722. The van der Waals surface area contributed by atoms with E-state index in [1.807, 2.05) is 13.0 Å². The van der Waals surface area contributed by atoms with Crippen molar-refractivity contribution in [3.8, 4) is 0 Å². The van der Waals surface area contributed by atoms with Gasteiger partial charge in [0, 0.05) is 37.8 Å². The number of nitrogens with zero attached hydrogens (tertiary/aromatic N) is 4. The lowest BCUT2D eigenvalue weighted by molar-refractivity contribution is -0.126. The Bertz CT molecular complexity index is 769. The number of hydrogen-bond acceptors (Lipinski definition) is 6. The number of carbonyl (C=O) groups is 1. The summed E-state index contributed by atoms with van der Waals surface area (Å²) in [6.45, 7) is 5.09. The van der Waals surface area contributed by atoms with Crippen molar-refractivity contribution in [3.63, 3.8) is 0 Å². The number of amides is 1. The molecule has 0 bridgehead atoms. The second-order valence-electron chi connectivity index (χ2n) is 7.50. The first-order valence-electron chi connectivity index (χ1n) is 9.65. The summed E-state index contributed by atoms with van der Waals surface area (Å²) in [5.74, 6) is 0.576. The van der Waals surface area contributed by atoms with E-state index >= 15 is 0 Å². The summed E-state index contributed by atoms with van der Waals surface area (Å²) >= 11 is 0. The lowest BCUT2D eigenvalue weighted by Crippen LogP contribution is -2.42. The topological polar surface area (TPSA) is 95.5 Å². The smallest absolute Gasteiger partial charge is 0.225 e. The molecular formula is C18H29N5O3S. The molecule has 9 heteroatoms. The number of sulfonamides is 1. The highest BCUT2D eigenvalue weighted by Gasteiger charge is 2.28. The van der Waals surface area contributed by atoms with Crippen molar-refractivity contribution >= 4 is 21.9 Å². The van der Waals surface area contributed by atoms with Gasteiger partial charge in [0.2, 0.25) is 21.9 Å². The number of rotatable bonds is 5. The minimum atomic E-state index is -3.17. The van der Waals surface area contributed by atoms with Gasteiger partial charge in [0.25, 0.3) is 0 Å². The van der Waals surface area contributed by atoms with Gasteiger partial charge in [-0.3, -0.25) is 4.79 Å². The van der Waals surface area contributed by atoms with Crippen molar-refractivity contribution < 1.29 is 13.2 Å². The molecule has 27 heavy (non-hydrogen) atoms. The van der Waals surface area contributed by atoms with Gasteiger partial charge in [-0.25, -0.2) is 22.7 Å². The van der Waals surface area contributed by atoms with Crippen LogP contribution in [0.15, 0.2) is 6.07 Å². The monoisotopic (exact) mass is 395 g/mol.